The molecule has 0 N–H and O–H groups in total. The Hall–Kier alpha value is -0.383. The number of unbranched alkanes of at least 4 members (excludes halogenated alkanes) is 2. The third kappa shape index (κ3) is 6.20. The van der Waals surface area contributed by atoms with E-state index in [0.29, 0.717) is 0 Å². The molecule has 1 radical (unpaired) electrons. The first-order chi connectivity index (χ1) is 7.77. The van der Waals surface area contributed by atoms with Gasteiger partial charge in [-0.2, -0.15) is 0 Å². The molecule has 17 heavy (non-hydrogen) atoms. The van der Waals surface area contributed by atoms with E-state index in [1.54, 1.807) is 0 Å². The zero-order valence-corrected chi connectivity index (χ0v) is 12.0. The molecule has 0 spiro atoms. The van der Waals surface area contributed by atoms with Crippen molar-refractivity contribution in [2.24, 2.45) is 0 Å². The van der Waals surface area contributed by atoms with Crippen LogP contribution in [0, 0.1) is 6.92 Å². The maximum atomic E-state index is 2.52. The minimum atomic E-state index is 0. The zero-order valence-electron chi connectivity index (χ0n) is 12.0. The average molecular weight is 226 g/mol. The summed E-state index contributed by atoms with van der Waals surface area (Å²) in [6, 6.07) is 8.92. The average Bonchev–Trinajstić information content (AvgIpc) is 2.31. The van der Waals surface area contributed by atoms with Crippen LogP contribution in [-0.4, -0.2) is 32.0 Å². The number of anilines is 1. The van der Waals surface area contributed by atoms with Crippen molar-refractivity contribution in [2.75, 3.05) is 18.0 Å². The van der Waals surface area contributed by atoms with E-state index in [0.717, 1.165) is 0 Å². The maximum Gasteiger partial charge on any atom is 0.0366 e. The predicted molar refractivity (Wildman–Crippen MR) is 79.0 cm³/mol. The van der Waals surface area contributed by atoms with Crippen molar-refractivity contribution >= 4 is 24.5 Å². The van der Waals surface area contributed by atoms with Gasteiger partial charge < -0.3 is 4.90 Å². The molecule has 0 aliphatic rings. The van der Waals surface area contributed by atoms with Gasteiger partial charge in [0.25, 0.3) is 0 Å². The van der Waals surface area contributed by atoms with E-state index in [1.807, 2.05) is 0 Å². The Bertz CT molecular complexity index is 273. The summed E-state index contributed by atoms with van der Waals surface area (Å²) in [5, 5.41) is 0. The first-order valence-electron chi connectivity index (χ1n) is 6.59. The van der Waals surface area contributed by atoms with Gasteiger partial charge in [0.05, 0.1) is 0 Å². The monoisotopic (exact) mass is 226 g/mol. The second kappa shape index (κ2) is 9.63. The van der Waals surface area contributed by atoms with E-state index >= 15 is 0 Å². The van der Waals surface area contributed by atoms with Crippen LogP contribution in [0.15, 0.2) is 24.3 Å². The molecule has 0 fully saturated rings. The Labute approximate surface area is 119 Å². The van der Waals surface area contributed by atoms with Gasteiger partial charge in [-0.3, -0.25) is 0 Å². The van der Waals surface area contributed by atoms with Gasteiger partial charge in [0.15, 0.2) is 0 Å². The molecule has 0 heterocycles. The Kier molecular flexibility index (Phi) is 9.41. The molecule has 1 aromatic carbocycles. The smallest absolute Gasteiger partial charge is 0.0366 e. The van der Waals surface area contributed by atoms with Gasteiger partial charge in [-0.15, -0.1) is 0 Å². The predicted octanol–water partition coefficient (Wildman–Crippen LogP) is 4.02. The number of aryl methyl sites for hydroxylation is 1. The summed E-state index contributed by atoms with van der Waals surface area (Å²) < 4.78 is 0. The molecule has 0 bridgehead atoms. The van der Waals surface area contributed by atoms with Gasteiger partial charge in [-0.1, -0.05) is 44.4 Å². The van der Waals surface area contributed by atoms with E-state index in [1.165, 1.54) is 50.0 Å². The molecule has 0 saturated carbocycles. The van der Waals surface area contributed by atoms with Crippen LogP contribution in [0.3, 0.4) is 0 Å². The molecule has 0 aliphatic carbocycles. The molecule has 1 nitrogen and oxygen atoms in total. The fraction of sp³-hybridized carbons (Fsp3) is 0.600. The normalized spacial score (nSPS) is 9.82. The molecule has 0 saturated heterocycles. The van der Waals surface area contributed by atoms with Crippen LogP contribution in [0.4, 0.5) is 5.69 Å². The van der Waals surface area contributed by atoms with Crippen molar-refractivity contribution in [3.05, 3.63) is 29.8 Å². The van der Waals surface area contributed by atoms with Crippen molar-refractivity contribution in [3.8, 4) is 0 Å². The topological polar surface area (TPSA) is 3.24 Å². The molecule has 1 aromatic rings. The summed E-state index contributed by atoms with van der Waals surface area (Å²) >= 11 is 0. The number of nitrogens with zero attached hydrogens (tertiary/aromatic N) is 1. The van der Waals surface area contributed by atoms with E-state index in [9.17, 15) is 0 Å². The number of hydrogen-bond donors (Lipinski definition) is 0. The summed E-state index contributed by atoms with van der Waals surface area (Å²) in [5.41, 5.74) is 2.72. The standard InChI is InChI=1S/C15H25N.Li/c1-4-6-12-16(13-7-5-2)15-10-8-14(3)9-11-15;/h8-11H,4-7,12-13H2,1-3H3;. The molecule has 91 valence electrons. The molecule has 1 rings (SSSR count). The van der Waals surface area contributed by atoms with Crippen molar-refractivity contribution in [1.82, 2.24) is 0 Å². The van der Waals surface area contributed by atoms with Crippen molar-refractivity contribution in [2.45, 2.75) is 46.5 Å². The third-order valence-electron chi connectivity index (χ3n) is 2.96. The Morgan fingerprint density at radius 2 is 1.35 bits per heavy atom. The third-order valence-corrected chi connectivity index (χ3v) is 2.96. The summed E-state index contributed by atoms with van der Waals surface area (Å²) in [7, 11) is 0. The quantitative estimate of drug-likeness (QED) is 0.635. The van der Waals surface area contributed by atoms with Gasteiger partial charge >= 0.3 is 0 Å². The van der Waals surface area contributed by atoms with Gasteiger partial charge in [-0.05, 0) is 31.9 Å². The molecule has 2 heteroatoms. The van der Waals surface area contributed by atoms with Gasteiger partial charge in [0.1, 0.15) is 0 Å². The molecule has 0 aliphatic heterocycles. The number of rotatable bonds is 7. The minimum absolute atomic E-state index is 0. The molecule has 0 atom stereocenters. The van der Waals surface area contributed by atoms with Crippen LogP contribution < -0.4 is 4.90 Å². The number of hydrogen-bond acceptors (Lipinski definition) is 1. The van der Waals surface area contributed by atoms with E-state index in [2.05, 4.69) is 49.9 Å². The summed E-state index contributed by atoms with van der Waals surface area (Å²) in [6.07, 6.45) is 5.12. The Morgan fingerprint density at radius 1 is 0.882 bits per heavy atom. The summed E-state index contributed by atoms with van der Waals surface area (Å²) in [4.78, 5) is 2.52. The Morgan fingerprint density at radius 3 is 1.76 bits per heavy atom. The van der Waals surface area contributed by atoms with E-state index < -0.39 is 0 Å². The van der Waals surface area contributed by atoms with E-state index in [-0.39, 0.29) is 18.9 Å². The van der Waals surface area contributed by atoms with Crippen molar-refractivity contribution < 1.29 is 0 Å². The molecule has 0 unspecified atom stereocenters. The maximum absolute atomic E-state index is 2.52. The van der Waals surface area contributed by atoms with Gasteiger partial charge in [-0.25, -0.2) is 0 Å². The first-order valence-corrected chi connectivity index (χ1v) is 6.59. The second-order valence-electron chi connectivity index (χ2n) is 4.53. The van der Waals surface area contributed by atoms with Crippen LogP contribution in [0.1, 0.15) is 45.1 Å². The molecular formula is C15H25LiN. The fourth-order valence-electron chi connectivity index (χ4n) is 1.82. The Balaban J connectivity index is 0.00000256. The summed E-state index contributed by atoms with van der Waals surface area (Å²) in [5.74, 6) is 0. The van der Waals surface area contributed by atoms with Crippen LogP contribution >= 0.6 is 0 Å². The van der Waals surface area contributed by atoms with Crippen LogP contribution in [-0.2, 0) is 0 Å². The van der Waals surface area contributed by atoms with Crippen molar-refractivity contribution in [1.29, 1.82) is 0 Å². The van der Waals surface area contributed by atoms with Gasteiger partial charge in [0.2, 0.25) is 0 Å². The summed E-state index contributed by atoms with van der Waals surface area (Å²) in [6.45, 7) is 9.05. The van der Waals surface area contributed by atoms with Crippen LogP contribution in [0.25, 0.3) is 0 Å². The van der Waals surface area contributed by atoms with Gasteiger partial charge in [0, 0.05) is 37.6 Å². The molecule has 0 aromatic heterocycles. The molecular weight excluding hydrogens is 201 g/mol. The fourth-order valence-corrected chi connectivity index (χ4v) is 1.82. The van der Waals surface area contributed by atoms with Crippen molar-refractivity contribution in [3.63, 3.8) is 0 Å². The minimum Gasteiger partial charge on any atom is -0.372 e. The van der Waals surface area contributed by atoms with E-state index in [4.69, 9.17) is 0 Å². The largest absolute Gasteiger partial charge is 0.372 e. The first kappa shape index (κ1) is 16.6. The van der Waals surface area contributed by atoms with Crippen LogP contribution in [0.2, 0.25) is 0 Å². The second-order valence-corrected chi connectivity index (χ2v) is 4.53. The zero-order chi connectivity index (χ0) is 11.8. The SMILES string of the molecule is CCCCN(CCCC)c1ccc(C)cc1.[Li]. The molecule has 0 amide bonds. The number of benzene rings is 1. The van der Waals surface area contributed by atoms with Crippen LogP contribution in [0.5, 0.6) is 0 Å².